The molecule has 0 radical (unpaired) electrons. The molecule has 0 saturated heterocycles. The summed E-state index contributed by atoms with van der Waals surface area (Å²) in [5.41, 5.74) is 5.37. The van der Waals surface area contributed by atoms with E-state index >= 15 is 0 Å². The fourth-order valence-electron chi connectivity index (χ4n) is 1.49. The van der Waals surface area contributed by atoms with Gasteiger partial charge in [-0.15, -0.1) is 0 Å². The Morgan fingerprint density at radius 2 is 2.05 bits per heavy atom. The van der Waals surface area contributed by atoms with Crippen molar-refractivity contribution in [3.05, 3.63) is 50.6 Å². The smallest absolute Gasteiger partial charge is 0.278 e. The average Bonchev–Trinajstić information content (AvgIpc) is 2.42. The molecular formula is C12H10BrClN4O2. The van der Waals surface area contributed by atoms with Gasteiger partial charge in [-0.2, -0.15) is 0 Å². The first-order valence-electron chi connectivity index (χ1n) is 5.53. The van der Waals surface area contributed by atoms with Gasteiger partial charge in [0.25, 0.3) is 5.56 Å². The SMILES string of the molecule is Nc1c(Cl)ncn(CC(=O)Nc2ccc(Br)cc2)c1=O. The molecule has 0 bridgehead atoms. The van der Waals surface area contributed by atoms with Crippen molar-refractivity contribution in [1.29, 1.82) is 0 Å². The Labute approximate surface area is 127 Å². The summed E-state index contributed by atoms with van der Waals surface area (Å²) in [5.74, 6) is -0.363. The molecule has 0 fully saturated rings. The summed E-state index contributed by atoms with van der Waals surface area (Å²) >= 11 is 8.91. The van der Waals surface area contributed by atoms with Gasteiger partial charge >= 0.3 is 0 Å². The maximum Gasteiger partial charge on any atom is 0.278 e. The predicted molar refractivity (Wildman–Crippen MR) is 80.7 cm³/mol. The Kier molecular flexibility index (Phi) is 4.41. The number of nitrogens with two attached hydrogens (primary N) is 1. The first-order valence-corrected chi connectivity index (χ1v) is 6.70. The van der Waals surface area contributed by atoms with E-state index in [1.165, 1.54) is 6.33 Å². The molecule has 3 N–H and O–H groups in total. The summed E-state index contributed by atoms with van der Waals surface area (Å²) in [5, 5.41) is 2.59. The van der Waals surface area contributed by atoms with E-state index in [4.69, 9.17) is 17.3 Å². The van der Waals surface area contributed by atoms with Gasteiger partial charge in [0, 0.05) is 10.2 Å². The minimum absolute atomic E-state index is 0.0698. The van der Waals surface area contributed by atoms with Crippen molar-refractivity contribution in [1.82, 2.24) is 9.55 Å². The number of carbonyl (C=O) groups excluding carboxylic acids is 1. The van der Waals surface area contributed by atoms with Crippen molar-refractivity contribution in [3.8, 4) is 0 Å². The second-order valence-electron chi connectivity index (χ2n) is 3.94. The van der Waals surface area contributed by atoms with Gasteiger partial charge in [0.1, 0.15) is 12.2 Å². The van der Waals surface area contributed by atoms with E-state index < -0.39 is 5.56 Å². The predicted octanol–water partition coefficient (Wildman–Crippen LogP) is 1.88. The van der Waals surface area contributed by atoms with Gasteiger partial charge in [-0.3, -0.25) is 14.2 Å². The molecule has 1 aromatic carbocycles. The minimum Gasteiger partial charge on any atom is -0.392 e. The lowest BCUT2D eigenvalue weighted by atomic mass is 10.3. The Bertz CT molecular complexity index is 700. The van der Waals surface area contributed by atoms with Crippen LogP contribution >= 0.6 is 27.5 Å². The molecule has 0 aliphatic carbocycles. The van der Waals surface area contributed by atoms with Crippen LogP contribution in [0.4, 0.5) is 11.4 Å². The first kappa shape index (κ1) is 14.5. The maximum absolute atomic E-state index is 11.8. The lowest BCUT2D eigenvalue weighted by molar-refractivity contribution is -0.116. The van der Waals surface area contributed by atoms with Crippen LogP contribution in [0.15, 0.2) is 39.9 Å². The number of amides is 1. The molecule has 1 amide bonds. The van der Waals surface area contributed by atoms with Gasteiger partial charge in [-0.05, 0) is 24.3 Å². The average molecular weight is 358 g/mol. The lowest BCUT2D eigenvalue weighted by Gasteiger charge is -2.08. The van der Waals surface area contributed by atoms with Crippen LogP contribution in [0.3, 0.4) is 0 Å². The summed E-state index contributed by atoms with van der Waals surface area (Å²) in [7, 11) is 0. The Morgan fingerprint density at radius 3 is 2.70 bits per heavy atom. The summed E-state index contributed by atoms with van der Waals surface area (Å²) in [6.45, 7) is -0.191. The number of nitrogen functional groups attached to an aromatic ring is 1. The Morgan fingerprint density at radius 1 is 1.40 bits per heavy atom. The summed E-state index contributed by atoms with van der Waals surface area (Å²) in [6.07, 6.45) is 1.18. The van der Waals surface area contributed by atoms with Crippen molar-refractivity contribution in [3.63, 3.8) is 0 Å². The second-order valence-corrected chi connectivity index (χ2v) is 5.21. The van der Waals surface area contributed by atoms with E-state index in [1.54, 1.807) is 24.3 Å². The number of hydrogen-bond acceptors (Lipinski definition) is 4. The molecule has 2 aromatic rings. The molecule has 104 valence electrons. The zero-order valence-electron chi connectivity index (χ0n) is 10.1. The summed E-state index contributed by atoms with van der Waals surface area (Å²) in [6, 6.07) is 7.06. The standard InChI is InChI=1S/C12H10BrClN4O2/c13-7-1-3-8(4-2-7)17-9(19)5-18-6-16-11(14)10(15)12(18)20/h1-4,6H,5,15H2,(H,17,19). The number of halogens is 2. The zero-order chi connectivity index (χ0) is 14.7. The highest BCUT2D eigenvalue weighted by atomic mass is 79.9. The van der Waals surface area contributed by atoms with Crippen molar-refractivity contribution in [2.24, 2.45) is 0 Å². The van der Waals surface area contributed by atoms with Crippen molar-refractivity contribution in [2.45, 2.75) is 6.54 Å². The summed E-state index contributed by atoms with van der Waals surface area (Å²) < 4.78 is 2.00. The number of anilines is 2. The van der Waals surface area contributed by atoms with Crippen molar-refractivity contribution >= 4 is 44.8 Å². The van der Waals surface area contributed by atoms with E-state index in [1.807, 2.05) is 0 Å². The normalized spacial score (nSPS) is 10.3. The zero-order valence-corrected chi connectivity index (χ0v) is 12.5. The van der Waals surface area contributed by atoms with Crippen LogP contribution in [-0.4, -0.2) is 15.5 Å². The third kappa shape index (κ3) is 3.37. The minimum atomic E-state index is -0.545. The number of benzene rings is 1. The van der Waals surface area contributed by atoms with Crippen LogP contribution in [-0.2, 0) is 11.3 Å². The largest absolute Gasteiger partial charge is 0.392 e. The molecule has 8 heteroatoms. The van der Waals surface area contributed by atoms with Crippen molar-refractivity contribution < 1.29 is 4.79 Å². The number of aromatic nitrogens is 2. The quantitative estimate of drug-likeness (QED) is 0.821. The van der Waals surface area contributed by atoms with Gasteiger partial charge in [-0.25, -0.2) is 4.98 Å². The van der Waals surface area contributed by atoms with Crippen LogP contribution in [0.25, 0.3) is 0 Å². The van der Waals surface area contributed by atoms with Crippen LogP contribution in [0, 0.1) is 0 Å². The molecular weight excluding hydrogens is 348 g/mol. The van der Waals surface area contributed by atoms with Crippen molar-refractivity contribution in [2.75, 3.05) is 11.1 Å². The van der Waals surface area contributed by atoms with Gasteiger partial charge in [0.05, 0.1) is 6.33 Å². The molecule has 6 nitrogen and oxygen atoms in total. The molecule has 1 heterocycles. The van der Waals surface area contributed by atoms with Crippen LogP contribution in [0.5, 0.6) is 0 Å². The Hall–Kier alpha value is -1.86. The van der Waals surface area contributed by atoms with E-state index in [2.05, 4.69) is 26.2 Å². The third-order valence-corrected chi connectivity index (χ3v) is 3.30. The molecule has 0 unspecified atom stereocenters. The van der Waals surface area contributed by atoms with Gasteiger partial charge in [0.2, 0.25) is 5.91 Å². The molecule has 1 aromatic heterocycles. The molecule has 2 rings (SSSR count). The number of hydrogen-bond donors (Lipinski definition) is 2. The second kappa shape index (κ2) is 6.06. The number of carbonyl (C=O) groups is 1. The monoisotopic (exact) mass is 356 g/mol. The number of nitrogens with one attached hydrogen (secondary N) is 1. The molecule has 0 aliphatic heterocycles. The highest BCUT2D eigenvalue weighted by Gasteiger charge is 2.09. The highest BCUT2D eigenvalue weighted by molar-refractivity contribution is 9.10. The maximum atomic E-state index is 11.8. The highest BCUT2D eigenvalue weighted by Crippen LogP contribution is 2.14. The fraction of sp³-hybridized carbons (Fsp3) is 0.0833. The van der Waals surface area contributed by atoms with Gasteiger partial charge < -0.3 is 11.1 Å². The van der Waals surface area contributed by atoms with E-state index in [-0.39, 0.29) is 23.3 Å². The molecule has 0 atom stereocenters. The van der Waals surface area contributed by atoms with Crippen LogP contribution in [0.1, 0.15) is 0 Å². The van der Waals surface area contributed by atoms with Crippen LogP contribution in [0.2, 0.25) is 5.15 Å². The first-order chi connectivity index (χ1) is 9.47. The topological polar surface area (TPSA) is 90.0 Å². The molecule has 0 saturated carbocycles. The fourth-order valence-corrected chi connectivity index (χ4v) is 1.88. The van der Waals surface area contributed by atoms with E-state index in [0.717, 1.165) is 9.04 Å². The molecule has 0 spiro atoms. The molecule has 0 aliphatic rings. The van der Waals surface area contributed by atoms with Crippen LogP contribution < -0.4 is 16.6 Å². The number of rotatable bonds is 3. The lowest BCUT2D eigenvalue weighted by Crippen LogP contribution is -2.29. The van der Waals surface area contributed by atoms with Gasteiger partial charge in [-0.1, -0.05) is 27.5 Å². The third-order valence-electron chi connectivity index (χ3n) is 2.47. The van der Waals surface area contributed by atoms with E-state index in [9.17, 15) is 9.59 Å². The van der Waals surface area contributed by atoms with Gasteiger partial charge in [0.15, 0.2) is 5.15 Å². The summed E-state index contributed by atoms with van der Waals surface area (Å²) in [4.78, 5) is 27.3. The van der Waals surface area contributed by atoms with E-state index in [0.29, 0.717) is 5.69 Å². The number of nitrogens with zero attached hydrogens (tertiary/aromatic N) is 2. The molecule has 20 heavy (non-hydrogen) atoms. The Balaban J connectivity index is 2.11.